The van der Waals surface area contributed by atoms with Crippen molar-refractivity contribution in [3.05, 3.63) is 29.8 Å². The average Bonchev–Trinajstić information content (AvgIpc) is 2.42. The van der Waals surface area contributed by atoms with Gasteiger partial charge in [-0.25, -0.2) is 0 Å². The lowest BCUT2D eigenvalue weighted by Crippen LogP contribution is -2.22. The van der Waals surface area contributed by atoms with Gasteiger partial charge in [0.25, 0.3) is 0 Å². The maximum absolute atomic E-state index is 12.0. The molecule has 0 saturated carbocycles. The molecule has 0 radical (unpaired) electrons. The topological polar surface area (TPSA) is 52.6 Å². The van der Waals surface area contributed by atoms with Gasteiger partial charge in [0.2, 0.25) is 0 Å². The van der Waals surface area contributed by atoms with Crippen LogP contribution >= 0.6 is 0 Å². The maximum atomic E-state index is 12.0. The summed E-state index contributed by atoms with van der Waals surface area (Å²) in [6.45, 7) is 5.94. The zero-order valence-electron chi connectivity index (χ0n) is 13.3. The largest absolute Gasteiger partial charge is 0.488 e. The molecule has 0 heterocycles. The fourth-order valence-corrected chi connectivity index (χ4v) is 1.86. The molecule has 0 saturated heterocycles. The number of carbonyl (C=O) groups excluding carboxylic acids is 2. The smallest absolute Gasteiger partial charge is 0.305 e. The van der Waals surface area contributed by atoms with E-state index in [4.69, 9.17) is 4.74 Å². The summed E-state index contributed by atoms with van der Waals surface area (Å²) in [5, 5.41) is 0. The zero-order chi connectivity index (χ0) is 15.9. The number of benzene rings is 1. The molecular weight excluding hydrogens is 268 g/mol. The van der Waals surface area contributed by atoms with Crippen LogP contribution in [0.2, 0.25) is 0 Å². The monoisotopic (exact) mass is 292 g/mol. The van der Waals surface area contributed by atoms with Crippen molar-refractivity contribution in [1.82, 2.24) is 0 Å². The van der Waals surface area contributed by atoms with Gasteiger partial charge in [0.15, 0.2) is 5.78 Å². The number of hydrogen-bond donors (Lipinski definition) is 0. The van der Waals surface area contributed by atoms with Crippen LogP contribution < -0.4 is 4.74 Å². The molecule has 0 spiro atoms. The van der Waals surface area contributed by atoms with Crippen LogP contribution in [0.5, 0.6) is 5.75 Å². The third-order valence-electron chi connectivity index (χ3n) is 2.86. The first-order valence-electron chi connectivity index (χ1n) is 7.21. The van der Waals surface area contributed by atoms with Crippen molar-refractivity contribution in [1.29, 1.82) is 0 Å². The van der Waals surface area contributed by atoms with Crippen molar-refractivity contribution >= 4 is 11.8 Å². The van der Waals surface area contributed by atoms with Crippen molar-refractivity contribution in [2.45, 2.75) is 52.1 Å². The van der Waals surface area contributed by atoms with E-state index in [9.17, 15) is 9.59 Å². The molecule has 0 bridgehead atoms. The number of hydrogen-bond acceptors (Lipinski definition) is 4. The van der Waals surface area contributed by atoms with Gasteiger partial charge in [-0.15, -0.1) is 0 Å². The summed E-state index contributed by atoms with van der Waals surface area (Å²) in [6, 6.07) is 7.19. The van der Waals surface area contributed by atoms with E-state index in [1.807, 2.05) is 32.9 Å². The standard InChI is InChI=1S/C17H24O4/c1-17(2,3)21-14-11-9-13(10-12-14)15(18)7-5-6-8-16(19)20-4/h9-12H,5-8H2,1-4H3. The second-order valence-electron chi connectivity index (χ2n) is 5.95. The zero-order valence-corrected chi connectivity index (χ0v) is 13.3. The van der Waals surface area contributed by atoms with E-state index in [0.717, 1.165) is 5.75 Å². The van der Waals surface area contributed by atoms with Gasteiger partial charge in [-0.2, -0.15) is 0 Å². The minimum Gasteiger partial charge on any atom is -0.488 e. The number of ether oxygens (including phenoxy) is 2. The van der Waals surface area contributed by atoms with Crippen LogP contribution in [0.1, 0.15) is 56.8 Å². The fraction of sp³-hybridized carbons (Fsp3) is 0.529. The molecule has 0 atom stereocenters. The average molecular weight is 292 g/mol. The molecule has 0 aliphatic carbocycles. The van der Waals surface area contributed by atoms with E-state index >= 15 is 0 Å². The van der Waals surface area contributed by atoms with Crippen molar-refractivity contribution in [2.24, 2.45) is 0 Å². The predicted molar refractivity (Wildman–Crippen MR) is 81.6 cm³/mol. The Hall–Kier alpha value is -1.84. The van der Waals surface area contributed by atoms with E-state index in [2.05, 4.69) is 4.74 Å². The number of carbonyl (C=O) groups is 2. The molecular formula is C17H24O4. The van der Waals surface area contributed by atoms with E-state index in [-0.39, 0.29) is 17.4 Å². The Morgan fingerprint density at radius 1 is 1.00 bits per heavy atom. The van der Waals surface area contributed by atoms with Crippen LogP contribution in [0, 0.1) is 0 Å². The highest BCUT2D eigenvalue weighted by Gasteiger charge is 2.12. The van der Waals surface area contributed by atoms with Crippen LogP contribution in [-0.2, 0) is 9.53 Å². The molecule has 4 heteroatoms. The number of methoxy groups -OCH3 is 1. The summed E-state index contributed by atoms with van der Waals surface area (Å²) in [4.78, 5) is 23.0. The summed E-state index contributed by atoms with van der Waals surface area (Å²) in [6.07, 6.45) is 2.16. The third-order valence-corrected chi connectivity index (χ3v) is 2.86. The molecule has 21 heavy (non-hydrogen) atoms. The molecule has 0 unspecified atom stereocenters. The van der Waals surface area contributed by atoms with Crippen molar-refractivity contribution in [3.63, 3.8) is 0 Å². The normalized spacial score (nSPS) is 11.0. The molecule has 0 fully saturated rings. The van der Waals surface area contributed by atoms with E-state index < -0.39 is 0 Å². The van der Waals surface area contributed by atoms with Gasteiger partial charge in [0, 0.05) is 18.4 Å². The summed E-state index contributed by atoms with van der Waals surface area (Å²) >= 11 is 0. The van der Waals surface area contributed by atoms with Crippen LogP contribution in [0.15, 0.2) is 24.3 Å². The molecule has 0 amide bonds. The van der Waals surface area contributed by atoms with Gasteiger partial charge >= 0.3 is 5.97 Å². The van der Waals surface area contributed by atoms with Gasteiger partial charge in [-0.1, -0.05) is 0 Å². The molecule has 4 nitrogen and oxygen atoms in total. The highest BCUT2D eigenvalue weighted by atomic mass is 16.5. The highest BCUT2D eigenvalue weighted by Crippen LogP contribution is 2.19. The molecule has 0 aromatic heterocycles. The molecule has 0 aliphatic heterocycles. The van der Waals surface area contributed by atoms with Gasteiger partial charge in [-0.3, -0.25) is 9.59 Å². The summed E-state index contributed by atoms with van der Waals surface area (Å²) in [5.41, 5.74) is 0.425. The fourth-order valence-electron chi connectivity index (χ4n) is 1.86. The number of esters is 1. The lowest BCUT2D eigenvalue weighted by atomic mass is 10.0. The first-order chi connectivity index (χ1) is 9.81. The molecule has 116 valence electrons. The molecule has 0 aliphatic rings. The van der Waals surface area contributed by atoms with Crippen molar-refractivity contribution < 1.29 is 19.1 Å². The van der Waals surface area contributed by atoms with E-state index in [1.165, 1.54) is 7.11 Å². The second kappa shape index (κ2) is 7.81. The quantitative estimate of drug-likeness (QED) is 0.436. The Kier molecular flexibility index (Phi) is 6.40. The summed E-state index contributed by atoms with van der Waals surface area (Å²) < 4.78 is 10.3. The first kappa shape index (κ1) is 17.2. The minimum atomic E-state index is -0.251. The minimum absolute atomic E-state index is 0.0853. The molecule has 1 aromatic carbocycles. The maximum Gasteiger partial charge on any atom is 0.305 e. The first-order valence-corrected chi connectivity index (χ1v) is 7.21. The lowest BCUT2D eigenvalue weighted by molar-refractivity contribution is -0.140. The lowest BCUT2D eigenvalue weighted by Gasteiger charge is -2.21. The van der Waals surface area contributed by atoms with Crippen LogP contribution in [0.25, 0.3) is 0 Å². The summed E-state index contributed by atoms with van der Waals surface area (Å²) in [5.74, 6) is 0.609. The SMILES string of the molecule is COC(=O)CCCCC(=O)c1ccc(OC(C)(C)C)cc1. The predicted octanol–water partition coefficient (Wildman–Crippen LogP) is 3.78. The Balaban J connectivity index is 2.43. The Labute approximate surface area is 126 Å². The van der Waals surface area contributed by atoms with Gasteiger partial charge < -0.3 is 9.47 Å². The van der Waals surface area contributed by atoms with E-state index in [1.54, 1.807) is 12.1 Å². The third kappa shape index (κ3) is 6.93. The summed E-state index contributed by atoms with van der Waals surface area (Å²) in [7, 11) is 1.37. The number of rotatable bonds is 7. The van der Waals surface area contributed by atoms with Gasteiger partial charge in [-0.05, 0) is 57.9 Å². The van der Waals surface area contributed by atoms with Gasteiger partial charge in [0.05, 0.1) is 7.11 Å². The van der Waals surface area contributed by atoms with Crippen molar-refractivity contribution in [3.8, 4) is 5.75 Å². The second-order valence-corrected chi connectivity index (χ2v) is 5.95. The Bertz CT molecular complexity index is 469. The molecule has 1 aromatic rings. The Morgan fingerprint density at radius 3 is 2.10 bits per heavy atom. The van der Waals surface area contributed by atoms with Crippen LogP contribution in [0.3, 0.4) is 0 Å². The Morgan fingerprint density at radius 2 is 1.57 bits per heavy atom. The van der Waals surface area contributed by atoms with Crippen LogP contribution in [0.4, 0.5) is 0 Å². The van der Waals surface area contributed by atoms with E-state index in [0.29, 0.717) is 31.2 Å². The number of unbranched alkanes of at least 4 members (excludes halogenated alkanes) is 1. The van der Waals surface area contributed by atoms with Crippen molar-refractivity contribution in [2.75, 3.05) is 7.11 Å². The van der Waals surface area contributed by atoms with Crippen LogP contribution in [-0.4, -0.2) is 24.5 Å². The highest BCUT2D eigenvalue weighted by molar-refractivity contribution is 5.96. The molecule has 1 rings (SSSR count). The van der Waals surface area contributed by atoms with Gasteiger partial charge in [0.1, 0.15) is 11.4 Å². The number of ketones is 1. The molecule has 0 N–H and O–H groups in total. The number of Topliss-reactive ketones (excluding diaryl/α,β-unsaturated/α-hetero) is 1.